The minimum Gasteiger partial charge on any atom is -0.491 e. The summed E-state index contributed by atoms with van der Waals surface area (Å²) in [5.74, 6) is 0.666. The van der Waals surface area contributed by atoms with Crippen LogP contribution in [0.3, 0.4) is 0 Å². The highest BCUT2D eigenvalue weighted by Crippen LogP contribution is 2.21. The van der Waals surface area contributed by atoms with Gasteiger partial charge in [-0.15, -0.1) is 0 Å². The van der Waals surface area contributed by atoms with E-state index in [0.29, 0.717) is 13.2 Å². The van der Waals surface area contributed by atoms with Crippen LogP contribution in [0.15, 0.2) is 42.5 Å². The molecule has 5 heteroatoms. The zero-order valence-corrected chi connectivity index (χ0v) is 15.1. The number of nitrogens with one attached hydrogen (secondary N) is 2. The summed E-state index contributed by atoms with van der Waals surface area (Å²) in [4.78, 5) is 12.2. The van der Waals surface area contributed by atoms with Gasteiger partial charge in [0.15, 0.2) is 0 Å². The van der Waals surface area contributed by atoms with Gasteiger partial charge in [0.2, 0.25) is 5.91 Å². The third-order valence-electron chi connectivity index (χ3n) is 3.86. The van der Waals surface area contributed by atoms with Crippen LogP contribution >= 0.6 is 0 Å². The first-order chi connectivity index (χ1) is 12.1. The van der Waals surface area contributed by atoms with Crippen LogP contribution in [-0.2, 0) is 16.0 Å². The minimum atomic E-state index is -0.0849. The van der Waals surface area contributed by atoms with Crippen LogP contribution in [-0.4, -0.2) is 32.8 Å². The van der Waals surface area contributed by atoms with E-state index in [2.05, 4.69) is 23.6 Å². The number of anilines is 2. The second-order valence-corrected chi connectivity index (χ2v) is 5.73. The summed E-state index contributed by atoms with van der Waals surface area (Å²) in [5.41, 5.74) is 4.14. The van der Waals surface area contributed by atoms with Crippen LogP contribution < -0.4 is 15.4 Å². The number of aryl methyl sites for hydroxylation is 2. The molecule has 0 heterocycles. The van der Waals surface area contributed by atoms with E-state index < -0.39 is 0 Å². The Balaban J connectivity index is 1.86. The van der Waals surface area contributed by atoms with E-state index >= 15 is 0 Å². The number of ether oxygens (including phenoxy) is 2. The molecule has 0 saturated carbocycles. The van der Waals surface area contributed by atoms with Crippen molar-refractivity contribution in [1.82, 2.24) is 0 Å². The number of carbonyl (C=O) groups excluding carboxylic acids is 1. The Morgan fingerprint density at radius 2 is 1.84 bits per heavy atom. The lowest BCUT2D eigenvalue weighted by Gasteiger charge is -2.14. The molecule has 0 saturated heterocycles. The Morgan fingerprint density at radius 1 is 1.08 bits per heavy atom. The van der Waals surface area contributed by atoms with Crippen molar-refractivity contribution in [2.45, 2.75) is 20.3 Å². The second kappa shape index (κ2) is 9.69. The molecule has 1 amide bonds. The molecule has 5 nitrogen and oxygen atoms in total. The van der Waals surface area contributed by atoms with Gasteiger partial charge in [-0.1, -0.05) is 25.1 Å². The number of rotatable bonds is 9. The average Bonchev–Trinajstić information content (AvgIpc) is 2.62. The van der Waals surface area contributed by atoms with Crippen LogP contribution in [0.25, 0.3) is 0 Å². The van der Waals surface area contributed by atoms with E-state index in [1.165, 1.54) is 5.56 Å². The van der Waals surface area contributed by atoms with E-state index in [9.17, 15) is 4.79 Å². The van der Waals surface area contributed by atoms with E-state index in [0.717, 1.165) is 29.1 Å². The zero-order valence-electron chi connectivity index (χ0n) is 15.1. The average molecular weight is 342 g/mol. The quantitative estimate of drug-likeness (QED) is 0.683. The van der Waals surface area contributed by atoms with Crippen molar-refractivity contribution in [3.05, 3.63) is 53.6 Å². The van der Waals surface area contributed by atoms with Gasteiger partial charge in [0, 0.05) is 18.5 Å². The van der Waals surface area contributed by atoms with Crippen LogP contribution in [0.1, 0.15) is 18.1 Å². The SMILES string of the molecule is CCc1cccc(C)c1NCC(=O)Nc1ccc(OCCOC)cc1. The first-order valence-electron chi connectivity index (χ1n) is 8.48. The fourth-order valence-electron chi connectivity index (χ4n) is 2.53. The highest BCUT2D eigenvalue weighted by Gasteiger charge is 2.07. The Morgan fingerprint density at radius 3 is 2.52 bits per heavy atom. The predicted molar refractivity (Wildman–Crippen MR) is 101 cm³/mol. The molecule has 0 bridgehead atoms. The van der Waals surface area contributed by atoms with E-state index in [1.807, 2.05) is 43.3 Å². The van der Waals surface area contributed by atoms with Crippen molar-refractivity contribution in [3.8, 4) is 5.75 Å². The maximum atomic E-state index is 12.2. The number of carbonyl (C=O) groups is 1. The molecule has 2 aromatic carbocycles. The molecule has 134 valence electrons. The Bertz CT molecular complexity index is 684. The molecule has 25 heavy (non-hydrogen) atoms. The Labute approximate surface area is 149 Å². The van der Waals surface area contributed by atoms with Crippen molar-refractivity contribution < 1.29 is 14.3 Å². The highest BCUT2D eigenvalue weighted by atomic mass is 16.5. The third-order valence-corrected chi connectivity index (χ3v) is 3.86. The van der Waals surface area contributed by atoms with Gasteiger partial charge in [-0.3, -0.25) is 4.79 Å². The molecule has 2 aromatic rings. The molecule has 0 radical (unpaired) electrons. The summed E-state index contributed by atoms with van der Waals surface area (Å²) in [6.07, 6.45) is 0.927. The molecule has 2 N–H and O–H groups in total. The van der Waals surface area contributed by atoms with Gasteiger partial charge in [-0.05, 0) is 48.7 Å². The molecule has 0 fully saturated rings. The molecule has 0 aliphatic rings. The number of methoxy groups -OCH3 is 1. The summed E-state index contributed by atoms with van der Waals surface area (Å²) in [7, 11) is 1.64. The lowest BCUT2D eigenvalue weighted by Crippen LogP contribution is -2.22. The molecule has 0 spiro atoms. The number of amides is 1. The van der Waals surface area contributed by atoms with Crippen LogP contribution in [0.5, 0.6) is 5.75 Å². The first-order valence-corrected chi connectivity index (χ1v) is 8.48. The van der Waals surface area contributed by atoms with Gasteiger partial charge in [0.05, 0.1) is 13.2 Å². The normalized spacial score (nSPS) is 10.4. The molecular formula is C20H26N2O3. The van der Waals surface area contributed by atoms with Crippen molar-refractivity contribution >= 4 is 17.3 Å². The second-order valence-electron chi connectivity index (χ2n) is 5.73. The maximum absolute atomic E-state index is 12.2. The van der Waals surface area contributed by atoms with Crippen LogP contribution in [0.2, 0.25) is 0 Å². The lowest BCUT2D eigenvalue weighted by atomic mass is 10.1. The fourth-order valence-corrected chi connectivity index (χ4v) is 2.53. The topological polar surface area (TPSA) is 59.6 Å². The van der Waals surface area contributed by atoms with Gasteiger partial charge in [0.25, 0.3) is 0 Å². The largest absolute Gasteiger partial charge is 0.491 e. The monoisotopic (exact) mass is 342 g/mol. The molecule has 0 aliphatic heterocycles. The van der Waals surface area contributed by atoms with Crippen LogP contribution in [0, 0.1) is 6.92 Å². The lowest BCUT2D eigenvalue weighted by molar-refractivity contribution is -0.114. The minimum absolute atomic E-state index is 0.0849. The van der Waals surface area contributed by atoms with Gasteiger partial charge < -0.3 is 20.1 Å². The van der Waals surface area contributed by atoms with E-state index in [-0.39, 0.29) is 12.5 Å². The third kappa shape index (κ3) is 5.80. The summed E-state index contributed by atoms with van der Waals surface area (Å²) >= 11 is 0. The maximum Gasteiger partial charge on any atom is 0.243 e. The molecule has 0 aliphatic carbocycles. The molecular weight excluding hydrogens is 316 g/mol. The Kier molecular flexibility index (Phi) is 7.29. The molecule has 2 rings (SSSR count). The number of benzene rings is 2. The van der Waals surface area contributed by atoms with Gasteiger partial charge in [-0.2, -0.15) is 0 Å². The first kappa shape index (κ1) is 18.8. The molecule has 0 aromatic heterocycles. The zero-order chi connectivity index (χ0) is 18.1. The highest BCUT2D eigenvalue weighted by molar-refractivity contribution is 5.94. The summed E-state index contributed by atoms with van der Waals surface area (Å²) in [6.45, 7) is 5.42. The number of para-hydroxylation sites is 1. The van der Waals surface area contributed by atoms with Crippen molar-refractivity contribution in [2.24, 2.45) is 0 Å². The Hall–Kier alpha value is -2.53. The number of hydrogen-bond acceptors (Lipinski definition) is 4. The van der Waals surface area contributed by atoms with Crippen LogP contribution in [0.4, 0.5) is 11.4 Å². The van der Waals surface area contributed by atoms with E-state index in [4.69, 9.17) is 9.47 Å². The molecule has 0 unspecified atom stereocenters. The smallest absolute Gasteiger partial charge is 0.243 e. The van der Waals surface area contributed by atoms with Gasteiger partial charge in [0.1, 0.15) is 12.4 Å². The van der Waals surface area contributed by atoms with Crippen molar-refractivity contribution in [3.63, 3.8) is 0 Å². The molecule has 0 atom stereocenters. The fraction of sp³-hybridized carbons (Fsp3) is 0.350. The summed E-state index contributed by atoms with van der Waals surface area (Å²) in [5, 5.41) is 6.13. The summed E-state index contributed by atoms with van der Waals surface area (Å²) in [6, 6.07) is 13.5. The van der Waals surface area contributed by atoms with E-state index in [1.54, 1.807) is 7.11 Å². The van der Waals surface area contributed by atoms with Crippen molar-refractivity contribution in [2.75, 3.05) is 37.5 Å². The summed E-state index contributed by atoms with van der Waals surface area (Å²) < 4.78 is 10.4. The number of hydrogen-bond donors (Lipinski definition) is 2. The van der Waals surface area contributed by atoms with Crippen molar-refractivity contribution in [1.29, 1.82) is 0 Å². The van der Waals surface area contributed by atoms with Gasteiger partial charge >= 0.3 is 0 Å². The predicted octanol–water partition coefficient (Wildman–Crippen LogP) is 3.63. The van der Waals surface area contributed by atoms with Gasteiger partial charge in [-0.25, -0.2) is 0 Å². The standard InChI is InChI=1S/C20H26N2O3/c1-4-16-7-5-6-15(2)20(16)21-14-19(23)22-17-8-10-18(11-9-17)25-13-12-24-3/h5-11,21H,4,12-14H2,1-3H3,(H,22,23).